The summed E-state index contributed by atoms with van der Waals surface area (Å²) in [6, 6.07) is 40.4. The highest BCUT2D eigenvalue weighted by atomic mass is 127. The maximum atomic E-state index is 12.8. The average molecular weight is 687 g/mol. The molecule has 7 nitrogen and oxygen atoms in total. The van der Waals surface area contributed by atoms with Crippen LogP contribution in [0.4, 0.5) is 0 Å². The van der Waals surface area contributed by atoms with E-state index < -0.39 is 29.2 Å². The van der Waals surface area contributed by atoms with Gasteiger partial charge in [-0.05, 0) is 44.8 Å². The summed E-state index contributed by atoms with van der Waals surface area (Å²) < 4.78 is 21.8. The Labute approximate surface area is 263 Å². The van der Waals surface area contributed by atoms with Gasteiger partial charge < -0.3 is 14.2 Å². The summed E-state index contributed by atoms with van der Waals surface area (Å²) in [4.78, 5) is 27.2. The van der Waals surface area contributed by atoms with Gasteiger partial charge in [0.15, 0.2) is 0 Å². The van der Waals surface area contributed by atoms with Gasteiger partial charge in [0.05, 0.1) is 22.9 Å². The number of aromatic nitrogens is 2. The monoisotopic (exact) mass is 686 g/mol. The molecule has 1 unspecified atom stereocenters. The number of nitrogens with zero attached hydrogens (tertiary/aromatic N) is 1. The third-order valence-electron chi connectivity index (χ3n) is 7.73. The SMILES string of the molecule is O=c1[nH]c(=O)n([C@@H]2CC(OCc3ccccc3)[C@H](COC(c3ccccc3)(c3ccccc3)c3ccccc3)O2)cc1I. The van der Waals surface area contributed by atoms with Gasteiger partial charge in [-0.15, -0.1) is 0 Å². The Kier molecular flexibility index (Phi) is 8.99. The second-order valence-corrected chi connectivity index (χ2v) is 11.6. The standard InChI is InChI=1S/C35H31IN2O5/c36-29-22-38(34(40)37-33(29)39)32-21-30(41-23-25-13-5-1-6-14-25)31(43-32)24-42-35(26-15-7-2-8-16-26,27-17-9-3-10-18-27)28-19-11-4-12-20-28/h1-20,22,30-32H,21,23-24H2,(H,37,39,40)/t30?,31-,32-/m0/s1. The van der Waals surface area contributed by atoms with E-state index in [1.54, 1.807) is 0 Å². The van der Waals surface area contributed by atoms with Crippen LogP contribution in [0.1, 0.15) is 34.9 Å². The van der Waals surface area contributed by atoms with Crippen LogP contribution in [0.25, 0.3) is 0 Å². The average Bonchev–Trinajstić information content (AvgIpc) is 3.47. The molecule has 6 rings (SSSR count). The molecule has 1 aliphatic heterocycles. The first-order chi connectivity index (χ1) is 21.0. The van der Waals surface area contributed by atoms with E-state index in [2.05, 4.69) is 41.4 Å². The van der Waals surface area contributed by atoms with Crippen molar-refractivity contribution in [2.45, 2.75) is 37.1 Å². The van der Waals surface area contributed by atoms with Gasteiger partial charge in [0.1, 0.15) is 17.9 Å². The van der Waals surface area contributed by atoms with Crippen LogP contribution in [0.5, 0.6) is 0 Å². The number of ether oxygens (including phenoxy) is 3. The number of aromatic amines is 1. The molecule has 8 heteroatoms. The molecule has 1 aliphatic rings. The first kappa shape index (κ1) is 29.3. The minimum Gasteiger partial charge on any atom is -0.371 e. The van der Waals surface area contributed by atoms with E-state index in [0.29, 0.717) is 16.6 Å². The Bertz CT molecular complexity index is 1650. The van der Waals surface area contributed by atoms with Gasteiger partial charge in [-0.25, -0.2) is 4.79 Å². The second-order valence-electron chi connectivity index (χ2n) is 10.4. The molecular weight excluding hydrogens is 655 g/mol. The summed E-state index contributed by atoms with van der Waals surface area (Å²) in [5.74, 6) is 0. The van der Waals surface area contributed by atoms with Crippen molar-refractivity contribution in [1.82, 2.24) is 9.55 Å². The normalized spacial score (nSPS) is 18.5. The summed E-state index contributed by atoms with van der Waals surface area (Å²) in [5.41, 5.74) is 2.11. The van der Waals surface area contributed by atoms with Crippen molar-refractivity contribution in [2.75, 3.05) is 6.61 Å². The largest absolute Gasteiger partial charge is 0.371 e. The molecule has 0 amide bonds. The van der Waals surface area contributed by atoms with Crippen LogP contribution in [0.3, 0.4) is 0 Å². The zero-order valence-corrected chi connectivity index (χ0v) is 25.5. The number of rotatable bonds is 10. The van der Waals surface area contributed by atoms with Crippen molar-refractivity contribution in [1.29, 1.82) is 0 Å². The molecule has 1 saturated heterocycles. The number of halogens is 1. The van der Waals surface area contributed by atoms with Crippen molar-refractivity contribution in [3.8, 4) is 0 Å². The van der Waals surface area contributed by atoms with E-state index in [1.807, 2.05) is 108 Å². The number of H-pyrrole nitrogens is 1. The van der Waals surface area contributed by atoms with Crippen LogP contribution < -0.4 is 11.2 Å². The van der Waals surface area contributed by atoms with E-state index in [1.165, 1.54) is 10.8 Å². The van der Waals surface area contributed by atoms with E-state index in [-0.39, 0.29) is 12.7 Å². The smallest absolute Gasteiger partial charge is 0.330 e. The quantitative estimate of drug-likeness (QED) is 0.144. The van der Waals surface area contributed by atoms with E-state index in [9.17, 15) is 9.59 Å². The molecule has 43 heavy (non-hydrogen) atoms. The first-order valence-electron chi connectivity index (χ1n) is 14.2. The topological polar surface area (TPSA) is 82.6 Å². The number of hydrogen-bond donors (Lipinski definition) is 1. The fourth-order valence-electron chi connectivity index (χ4n) is 5.62. The van der Waals surface area contributed by atoms with Gasteiger partial charge in [0.2, 0.25) is 0 Å². The van der Waals surface area contributed by atoms with Gasteiger partial charge >= 0.3 is 5.69 Å². The van der Waals surface area contributed by atoms with E-state index in [4.69, 9.17) is 14.2 Å². The first-order valence-corrected chi connectivity index (χ1v) is 15.2. The lowest BCUT2D eigenvalue weighted by Gasteiger charge is -2.37. The third-order valence-corrected chi connectivity index (χ3v) is 8.50. The summed E-state index contributed by atoms with van der Waals surface area (Å²) in [6.07, 6.45) is 0.443. The molecule has 2 heterocycles. The Morgan fingerprint density at radius 2 is 1.30 bits per heavy atom. The third kappa shape index (κ3) is 6.28. The zero-order chi connectivity index (χ0) is 29.6. The fraction of sp³-hybridized carbons (Fsp3) is 0.200. The highest BCUT2D eigenvalue weighted by molar-refractivity contribution is 14.1. The number of nitrogens with one attached hydrogen (secondary N) is 1. The van der Waals surface area contributed by atoms with Crippen LogP contribution in [0, 0.1) is 3.57 Å². The number of benzene rings is 4. The predicted octanol–water partition coefficient (Wildman–Crippen LogP) is 6.02. The summed E-state index contributed by atoms with van der Waals surface area (Å²) >= 11 is 1.92. The van der Waals surface area contributed by atoms with Gasteiger partial charge in [-0.1, -0.05) is 121 Å². The van der Waals surface area contributed by atoms with Gasteiger partial charge in [0, 0.05) is 12.6 Å². The maximum absolute atomic E-state index is 12.8. The van der Waals surface area contributed by atoms with Crippen LogP contribution in [0.15, 0.2) is 137 Å². The predicted molar refractivity (Wildman–Crippen MR) is 173 cm³/mol. The van der Waals surface area contributed by atoms with Crippen molar-refractivity contribution < 1.29 is 14.2 Å². The Hall–Kier alpha value is -3.83. The lowest BCUT2D eigenvalue weighted by molar-refractivity contribution is -0.106. The maximum Gasteiger partial charge on any atom is 0.330 e. The van der Waals surface area contributed by atoms with Gasteiger partial charge in [-0.2, -0.15) is 0 Å². The molecule has 4 aromatic carbocycles. The molecule has 0 radical (unpaired) electrons. The fourth-order valence-corrected chi connectivity index (χ4v) is 6.06. The Balaban J connectivity index is 1.37. The van der Waals surface area contributed by atoms with E-state index >= 15 is 0 Å². The molecule has 0 aliphatic carbocycles. The molecule has 3 atom stereocenters. The van der Waals surface area contributed by atoms with Crippen molar-refractivity contribution in [3.05, 3.63) is 174 Å². The van der Waals surface area contributed by atoms with Crippen molar-refractivity contribution >= 4 is 22.6 Å². The molecule has 218 valence electrons. The zero-order valence-electron chi connectivity index (χ0n) is 23.3. The Morgan fingerprint density at radius 1 is 0.791 bits per heavy atom. The van der Waals surface area contributed by atoms with Gasteiger partial charge in [0.25, 0.3) is 5.56 Å². The molecule has 0 saturated carbocycles. The van der Waals surface area contributed by atoms with Crippen LogP contribution >= 0.6 is 22.6 Å². The van der Waals surface area contributed by atoms with E-state index in [0.717, 1.165) is 22.3 Å². The van der Waals surface area contributed by atoms with Crippen molar-refractivity contribution in [2.24, 2.45) is 0 Å². The molecule has 1 aromatic heterocycles. The molecular formula is C35H31IN2O5. The minimum atomic E-state index is -0.931. The van der Waals surface area contributed by atoms with Crippen LogP contribution in [-0.4, -0.2) is 28.4 Å². The molecule has 0 bridgehead atoms. The van der Waals surface area contributed by atoms with Crippen LogP contribution in [-0.2, 0) is 26.4 Å². The van der Waals surface area contributed by atoms with Gasteiger partial charge in [-0.3, -0.25) is 14.3 Å². The van der Waals surface area contributed by atoms with Crippen molar-refractivity contribution in [3.63, 3.8) is 0 Å². The summed E-state index contributed by atoms with van der Waals surface area (Å²) in [7, 11) is 0. The summed E-state index contributed by atoms with van der Waals surface area (Å²) in [5, 5.41) is 0. The Morgan fingerprint density at radius 3 is 1.84 bits per heavy atom. The number of hydrogen-bond acceptors (Lipinski definition) is 5. The molecule has 5 aromatic rings. The summed E-state index contributed by atoms with van der Waals surface area (Å²) in [6.45, 7) is 0.571. The highest BCUT2D eigenvalue weighted by Crippen LogP contribution is 2.42. The molecule has 0 spiro atoms. The second kappa shape index (κ2) is 13.2. The molecule has 1 N–H and O–H groups in total. The highest BCUT2D eigenvalue weighted by Gasteiger charge is 2.43. The van der Waals surface area contributed by atoms with Crippen LogP contribution in [0.2, 0.25) is 0 Å². The minimum absolute atomic E-state index is 0.184. The lowest BCUT2D eigenvalue weighted by atomic mass is 9.80. The molecule has 1 fully saturated rings. The lowest BCUT2D eigenvalue weighted by Crippen LogP contribution is -2.38.